The first-order valence-corrected chi connectivity index (χ1v) is 7.63. The lowest BCUT2D eigenvalue weighted by molar-refractivity contribution is -0.118. The third-order valence-corrected chi connectivity index (χ3v) is 4.39. The van der Waals surface area contributed by atoms with Crippen LogP contribution in [0.3, 0.4) is 0 Å². The molecular formula is C15H19Cl2NO. The van der Waals surface area contributed by atoms with Crippen molar-refractivity contribution in [1.29, 1.82) is 0 Å². The normalized spacial score (nSPS) is 19.2. The number of anilines is 1. The molecule has 1 N–H and O–H groups in total. The van der Waals surface area contributed by atoms with Gasteiger partial charge in [-0.05, 0) is 30.0 Å². The van der Waals surface area contributed by atoms with Gasteiger partial charge >= 0.3 is 0 Å². The number of fused-ring (bicyclic) bond motifs is 1. The van der Waals surface area contributed by atoms with Crippen LogP contribution in [0.25, 0.3) is 0 Å². The van der Waals surface area contributed by atoms with Crippen molar-refractivity contribution in [3.8, 4) is 0 Å². The highest BCUT2D eigenvalue weighted by Crippen LogP contribution is 2.45. The zero-order valence-electron chi connectivity index (χ0n) is 11.3. The third kappa shape index (κ3) is 2.90. The molecule has 2 atom stereocenters. The summed E-state index contributed by atoms with van der Waals surface area (Å²) >= 11 is 12.2. The second-order valence-electron chi connectivity index (χ2n) is 5.13. The molecule has 0 aromatic heterocycles. The smallest absolute Gasteiger partial charge is 0.232 e. The largest absolute Gasteiger partial charge is 0.324 e. The molecular weight excluding hydrogens is 281 g/mol. The Morgan fingerprint density at radius 1 is 1.32 bits per heavy atom. The fourth-order valence-electron chi connectivity index (χ4n) is 2.85. The van der Waals surface area contributed by atoms with Gasteiger partial charge in [-0.2, -0.15) is 0 Å². The third-order valence-electron chi connectivity index (χ3n) is 3.88. The Morgan fingerprint density at radius 2 is 2.05 bits per heavy atom. The number of benzene rings is 1. The second-order valence-corrected chi connectivity index (χ2v) is 5.97. The molecule has 19 heavy (non-hydrogen) atoms. The van der Waals surface area contributed by atoms with Crippen molar-refractivity contribution in [3.63, 3.8) is 0 Å². The second kappa shape index (κ2) is 6.15. The molecule has 0 bridgehead atoms. The maximum absolute atomic E-state index is 12.2. The van der Waals surface area contributed by atoms with Crippen LogP contribution in [-0.4, -0.2) is 5.91 Å². The predicted octanol–water partition coefficient (Wildman–Crippen LogP) is 5.25. The Morgan fingerprint density at radius 3 is 2.68 bits per heavy atom. The van der Waals surface area contributed by atoms with Crippen LogP contribution in [0.4, 0.5) is 5.69 Å². The summed E-state index contributed by atoms with van der Waals surface area (Å²) in [7, 11) is 0. The maximum atomic E-state index is 12.2. The summed E-state index contributed by atoms with van der Waals surface area (Å²) in [6, 6.07) is 3.55. The first-order chi connectivity index (χ1) is 9.08. The number of nitrogens with one attached hydrogen (secondary N) is 1. The van der Waals surface area contributed by atoms with Crippen LogP contribution in [0.1, 0.15) is 51.0 Å². The van der Waals surface area contributed by atoms with E-state index >= 15 is 0 Å². The van der Waals surface area contributed by atoms with E-state index in [1.807, 2.05) is 6.07 Å². The summed E-state index contributed by atoms with van der Waals surface area (Å²) in [5.74, 6) is 0.306. The van der Waals surface area contributed by atoms with E-state index in [0.717, 1.165) is 36.9 Å². The highest BCUT2D eigenvalue weighted by atomic mass is 35.5. The highest BCUT2D eigenvalue weighted by molar-refractivity contribution is 6.37. The number of unbranched alkanes of at least 4 members (excludes halogenated alkanes) is 1. The summed E-state index contributed by atoms with van der Waals surface area (Å²) < 4.78 is 0. The van der Waals surface area contributed by atoms with Crippen molar-refractivity contribution < 1.29 is 4.79 Å². The zero-order valence-corrected chi connectivity index (χ0v) is 12.8. The van der Waals surface area contributed by atoms with Crippen molar-refractivity contribution in [2.24, 2.45) is 5.92 Å². The molecule has 0 radical (unpaired) electrons. The molecule has 1 aliphatic rings. The quantitative estimate of drug-likeness (QED) is 0.791. The molecule has 2 rings (SSSR count). The summed E-state index contributed by atoms with van der Waals surface area (Å²) in [5.41, 5.74) is 1.71. The molecule has 104 valence electrons. The van der Waals surface area contributed by atoms with Crippen molar-refractivity contribution in [2.45, 2.75) is 45.4 Å². The van der Waals surface area contributed by atoms with Gasteiger partial charge in [0.15, 0.2) is 0 Å². The average molecular weight is 300 g/mol. The van der Waals surface area contributed by atoms with Gasteiger partial charge in [0, 0.05) is 5.02 Å². The molecule has 0 aliphatic carbocycles. The number of rotatable bonds is 5. The number of hydrogen-bond acceptors (Lipinski definition) is 1. The van der Waals surface area contributed by atoms with E-state index in [-0.39, 0.29) is 11.8 Å². The Bertz CT molecular complexity index is 487. The molecule has 0 spiro atoms. The first-order valence-electron chi connectivity index (χ1n) is 6.88. The number of carbonyl (C=O) groups is 1. The molecule has 0 saturated carbocycles. The van der Waals surface area contributed by atoms with Gasteiger partial charge < -0.3 is 5.32 Å². The van der Waals surface area contributed by atoms with Gasteiger partial charge in [-0.25, -0.2) is 0 Å². The number of halogens is 2. The standard InChI is InChI=1S/C15H19Cl2NO/c1-3-5-6-9(4-2)13-11-7-10(16)8-12(17)14(11)18-15(13)19/h7-9,13H,3-6H2,1-2H3,(H,18,19). The lowest BCUT2D eigenvalue weighted by Crippen LogP contribution is -2.20. The Kier molecular flexibility index (Phi) is 4.75. The van der Waals surface area contributed by atoms with Gasteiger partial charge in [0.2, 0.25) is 5.91 Å². The Hall–Kier alpha value is -0.730. The minimum Gasteiger partial charge on any atom is -0.324 e. The minimum atomic E-state index is -0.109. The van der Waals surface area contributed by atoms with E-state index in [0.29, 0.717) is 16.0 Å². The molecule has 4 heteroatoms. The van der Waals surface area contributed by atoms with Gasteiger partial charge in [0.05, 0.1) is 16.6 Å². The van der Waals surface area contributed by atoms with Crippen molar-refractivity contribution >= 4 is 34.8 Å². The van der Waals surface area contributed by atoms with Crippen LogP contribution in [0.2, 0.25) is 10.0 Å². The SMILES string of the molecule is CCCCC(CC)C1C(=O)Nc2c(Cl)cc(Cl)cc21. The average Bonchev–Trinajstić information content (AvgIpc) is 2.68. The van der Waals surface area contributed by atoms with Crippen LogP contribution < -0.4 is 5.32 Å². The zero-order chi connectivity index (χ0) is 14.0. The molecule has 1 amide bonds. The molecule has 0 fully saturated rings. The predicted molar refractivity (Wildman–Crippen MR) is 81.1 cm³/mol. The van der Waals surface area contributed by atoms with E-state index in [9.17, 15) is 4.79 Å². The molecule has 1 heterocycles. The van der Waals surface area contributed by atoms with E-state index < -0.39 is 0 Å². The summed E-state index contributed by atoms with van der Waals surface area (Å²) in [4.78, 5) is 12.2. The van der Waals surface area contributed by atoms with Crippen molar-refractivity contribution in [2.75, 3.05) is 5.32 Å². The fraction of sp³-hybridized carbons (Fsp3) is 0.533. The summed E-state index contributed by atoms with van der Waals surface area (Å²) in [6.07, 6.45) is 4.34. The number of hydrogen-bond donors (Lipinski definition) is 1. The van der Waals surface area contributed by atoms with E-state index in [1.54, 1.807) is 6.07 Å². The molecule has 1 aliphatic heterocycles. The van der Waals surface area contributed by atoms with Crippen LogP contribution in [0.5, 0.6) is 0 Å². The van der Waals surface area contributed by atoms with Gasteiger partial charge in [0.1, 0.15) is 0 Å². The molecule has 2 nitrogen and oxygen atoms in total. The van der Waals surface area contributed by atoms with Gasteiger partial charge in [-0.1, -0.05) is 56.3 Å². The first kappa shape index (κ1) is 14.7. The van der Waals surface area contributed by atoms with Crippen molar-refractivity contribution in [3.05, 3.63) is 27.7 Å². The molecule has 0 saturated heterocycles. The molecule has 1 aromatic rings. The topological polar surface area (TPSA) is 29.1 Å². The van der Waals surface area contributed by atoms with Crippen molar-refractivity contribution in [1.82, 2.24) is 0 Å². The molecule has 2 unspecified atom stereocenters. The summed E-state index contributed by atoms with van der Waals surface area (Å²) in [5, 5.41) is 4.03. The van der Waals surface area contributed by atoms with E-state index in [4.69, 9.17) is 23.2 Å². The highest BCUT2D eigenvalue weighted by Gasteiger charge is 2.37. The molecule has 1 aromatic carbocycles. The van der Waals surface area contributed by atoms with E-state index in [2.05, 4.69) is 19.2 Å². The van der Waals surface area contributed by atoms with Gasteiger partial charge in [-0.15, -0.1) is 0 Å². The minimum absolute atomic E-state index is 0.0575. The van der Waals surface area contributed by atoms with Gasteiger partial charge in [0.25, 0.3) is 0 Å². The van der Waals surface area contributed by atoms with Crippen LogP contribution in [0.15, 0.2) is 12.1 Å². The number of amides is 1. The van der Waals surface area contributed by atoms with Crippen LogP contribution in [0, 0.1) is 5.92 Å². The van der Waals surface area contributed by atoms with Gasteiger partial charge in [-0.3, -0.25) is 4.79 Å². The lowest BCUT2D eigenvalue weighted by atomic mass is 9.82. The fourth-order valence-corrected chi connectivity index (χ4v) is 3.41. The number of carbonyl (C=O) groups excluding carboxylic acids is 1. The summed E-state index contributed by atoms with van der Waals surface area (Å²) in [6.45, 7) is 4.31. The van der Waals surface area contributed by atoms with E-state index in [1.165, 1.54) is 0 Å². The maximum Gasteiger partial charge on any atom is 0.232 e. The Labute approximate surface area is 124 Å². The Balaban J connectivity index is 2.35. The van der Waals surface area contributed by atoms with Crippen LogP contribution >= 0.6 is 23.2 Å². The monoisotopic (exact) mass is 299 g/mol. The lowest BCUT2D eigenvalue weighted by Gasteiger charge is -2.20. The van der Waals surface area contributed by atoms with Crippen LogP contribution in [-0.2, 0) is 4.79 Å².